The quantitative estimate of drug-likeness (QED) is 0.281. The number of hydrogen-bond acceptors (Lipinski definition) is 3. The minimum atomic E-state index is -1.89. The normalized spacial score (nSPS) is 17.3. The van der Waals surface area contributed by atoms with Crippen LogP contribution in [0.3, 0.4) is 0 Å². The molecule has 1 aromatic rings. The first-order valence-corrected chi connectivity index (χ1v) is 12.9. The van der Waals surface area contributed by atoms with Crippen molar-refractivity contribution < 1.29 is 13.9 Å². The Morgan fingerprint density at radius 3 is 2.58 bits per heavy atom. The molecule has 0 aliphatic carbocycles. The Balaban J connectivity index is 2.25. The summed E-state index contributed by atoms with van der Waals surface area (Å²) < 4.78 is 18.6. The highest BCUT2D eigenvalue weighted by Gasteiger charge is 2.39. The molecule has 0 saturated heterocycles. The first-order chi connectivity index (χ1) is 12.2. The van der Waals surface area contributed by atoms with Crippen LogP contribution in [0.25, 0.3) is 0 Å². The maximum Gasteiger partial charge on any atom is 0.250 e. The second kappa shape index (κ2) is 8.51. The molecule has 0 N–H and O–H groups in total. The van der Waals surface area contributed by atoms with Crippen LogP contribution < -0.4 is 13.9 Å². The second-order valence-electron chi connectivity index (χ2n) is 8.80. The lowest BCUT2D eigenvalue weighted by Gasteiger charge is -2.36. The predicted octanol–water partition coefficient (Wildman–Crippen LogP) is 6.87. The van der Waals surface area contributed by atoms with Crippen molar-refractivity contribution in [1.82, 2.24) is 0 Å². The minimum Gasteiger partial charge on any atom is -0.543 e. The lowest BCUT2D eigenvalue weighted by atomic mass is 10.0. The molecule has 1 unspecified atom stereocenters. The number of allylic oxidation sites excluding steroid dienone is 1. The zero-order valence-corrected chi connectivity index (χ0v) is 18.6. The molecule has 4 heteroatoms. The van der Waals surface area contributed by atoms with Crippen molar-refractivity contribution in [2.75, 3.05) is 0 Å². The first-order valence-electron chi connectivity index (χ1n) is 9.98. The van der Waals surface area contributed by atoms with E-state index in [1.807, 2.05) is 19.1 Å². The van der Waals surface area contributed by atoms with E-state index >= 15 is 0 Å². The number of unbranched alkanes of at least 4 members (excludes halogenated alkanes) is 2. The van der Waals surface area contributed by atoms with Gasteiger partial charge in [0.05, 0.1) is 6.26 Å². The first kappa shape index (κ1) is 20.9. The van der Waals surface area contributed by atoms with Gasteiger partial charge < -0.3 is 13.9 Å². The van der Waals surface area contributed by atoms with Gasteiger partial charge in [-0.2, -0.15) is 0 Å². The molecular formula is C22H36O3Si. The Bertz CT molecular complexity index is 629. The van der Waals surface area contributed by atoms with Crippen molar-refractivity contribution >= 4 is 8.32 Å². The highest BCUT2D eigenvalue weighted by Crippen LogP contribution is 2.44. The van der Waals surface area contributed by atoms with E-state index in [4.69, 9.17) is 13.9 Å². The Hall–Kier alpha value is -1.42. The topological polar surface area (TPSA) is 27.7 Å². The molecule has 0 saturated carbocycles. The summed E-state index contributed by atoms with van der Waals surface area (Å²) in [5.41, 5.74) is 1.21. The molecule has 0 spiro atoms. The van der Waals surface area contributed by atoms with Gasteiger partial charge in [0.1, 0.15) is 11.9 Å². The fourth-order valence-electron chi connectivity index (χ4n) is 2.89. The van der Waals surface area contributed by atoms with Gasteiger partial charge >= 0.3 is 0 Å². The monoisotopic (exact) mass is 376 g/mol. The van der Waals surface area contributed by atoms with E-state index in [1.54, 1.807) is 6.26 Å². The smallest absolute Gasteiger partial charge is 0.250 e. The third kappa shape index (κ3) is 5.06. The Labute approximate surface area is 160 Å². The molecule has 1 aromatic carbocycles. The standard InChI is InChI=1S/C22H36O3Si/c1-8-10-11-12-18-14-17-15-19(25-26(6,7)22(3,4)5)16-20(21(17)24-18)23-13-9-2/h9,13,15-16,18H,8,10-12,14H2,1-7H3. The molecule has 0 bridgehead atoms. The number of hydrogen-bond donors (Lipinski definition) is 0. The summed E-state index contributed by atoms with van der Waals surface area (Å²) in [7, 11) is -1.89. The fourth-order valence-corrected chi connectivity index (χ4v) is 3.90. The number of fused-ring (bicyclic) bond motifs is 1. The van der Waals surface area contributed by atoms with Crippen LogP contribution in [0.4, 0.5) is 0 Å². The van der Waals surface area contributed by atoms with Crippen LogP contribution in [0.2, 0.25) is 18.1 Å². The fraction of sp³-hybridized carbons (Fsp3) is 0.636. The third-order valence-electron chi connectivity index (χ3n) is 5.48. The van der Waals surface area contributed by atoms with Crippen LogP contribution in [0, 0.1) is 0 Å². The van der Waals surface area contributed by atoms with E-state index in [9.17, 15) is 0 Å². The van der Waals surface area contributed by atoms with Gasteiger partial charge in [0.25, 0.3) is 0 Å². The van der Waals surface area contributed by atoms with E-state index in [2.05, 4.69) is 46.9 Å². The highest BCUT2D eigenvalue weighted by atomic mass is 28.4. The van der Waals surface area contributed by atoms with Crippen molar-refractivity contribution in [2.45, 2.75) is 91.0 Å². The molecular weight excluding hydrogens is 340 g/mol. The molecule has 0 radical (unpaired) electrons. The van der Waals surface area contributed by atoms with E-state index in [-0.39, 0.29) is 11.1 Å². The minimum absolute atomic E-state index is 0.162. The van der Waals surface area contributed by atoms with Crippen LogP contribution in [-0.2, 0) is 6.42 Å². The molecule has 1 atom stereocenters. The van der Waals surface area contributed by atoms with Crippen molar-refractivity contribution in [3.05, 3.63) is 30.0 Å². The molecule has 26 heavy (non-hydrogen) atoms. The van der Waals surface area contributed by atoms with Crippen molar-refractivity contribution in [3.63, 3.8) is 0 Å². The molecule has 3 nitrogen and oxygen atoms in total. The summed E-state index contributed by atoms with van der Waals surface area (Å²) in [6.07, 6.45) is 9.61. The van der Waals surface area contributed by atoms with Gasteiger partial charge in [0.2, 0.25) is 8.32 Å². The van der Waals surface area contributed by atoms with Crippen LogP contribution in [0.1, 0.15) is 65.9 Å². The zero-order valence-electron chi connectivity index (χ0n) is 17.6. The molecule has 1 aliphatic rings. The average Bonchev–Trinajstić information content (AvgIpc) is 2.94. The SMILES string of the molecule is CC=COc1cc(O[Si](C)(C)C(C)(C)C)cc2c1OC(CCCCC)C2. The number of ether oxygens (including phenoxy) is 2. The van der Waals surface area contributed by atoms with Crippen molar-refractivity contribution in [1.29, 1.82) is 0 Å². The van der Waals surface area contributed by atoms with Crippen molar-refractivity contribution in [2.24, 2.45) is 0 Å². The molecule has 0 amide bonds. The maximum atomic E-state index is 6.53. The Kier molecular flexibility index (Phi) is 6.84. The van der Waals surface area contributed by atoms with E-state index in [0.717, 1.165) is 30.1 Å². The van der Waals surface area contributed by atoms with E-state index < -0.39 is 8.32 Å². The highest BCUT2D eigenvalue weighted by molar-refractivity contribution is 6.74. The molecule has 1 heterocycles. The molecule has 0 aromatic heterocycles. The van der Waals surface area contributed by atoms with Gasteiger partial charge in [-0.25, -0.2) is 0 Å². The van der Waals surface area contributed by atoms with Gasteiger partial charge in [-0.1, -0.05) is 46.6 Å². The maximum absolute atomic E-state index is 6.53. The number of rotatable bonds is 8. The van der Waals surface area contributed by atoms with Crippen LogP contribution in [0.15, 0.2) is 24.5 Å². The van der Waals surface area contributed by atoms with Gasteiger partial charge in [-0.3, -0.25) is 0 Å². The summed E-state index contributed by atoms with van der Waals surface area (Å²) in [5, 5.41) is 0.162. The van der Waals surface area contributed by atoms with Gasteiger partial charge in [-0.15, -0.1) is 0 Å². The average molecular weight is 377 g/mol. The Morgan fingerprint density at radius 1 is 1.23 bits per heavy atom. The molecule has 1 aliphatic heterocycles. The number of benzene rings is 1. The molecule has 0 fully saturated rings. The lowest BCUT2D eigenvalue weighted by Crippen LogP contribution is -2.43. The van der Waals surface area contributed by atoms with E-state index in [1.165, 1.54) is 24.8 Å². The molecule has 146 valence electrons. The van der Waals surface area contributed by atoms with Crippen LogP contribution >= 0.6 is 0 Å². The van der Waals surface area contributed by atoms with Crippen molar-refractivity contribution in [3.8, 4) is 17.2 Å². The third-order valence-corrected chi connectivity index (χ3v) is 9.84. The van der Waals surface area contributed by atoms with Gasteiger partial charge in [-0.05, 0) is 44.0 Å². The van der Waals surface area contributed by atoms with E-state index in [0.29, 0.717) is 0 Å². The predicted molar refractivity (Wildman–Crippen MR) is 112 cm³/mol. The summed E-state index contributed by atoms with van der Waals surface area (Å²) >= 11 is 0. The van der Waals surface area contributed by atoms with Gasteiger partial charge in [0, 0.05) is 18.1 Å². The zero-order chi connectivity index (χ0) is 19.4. The summed E-state index contributed by atoms with van der Waals surface area (Å²) in [4.78, 5) is 0. The summed E-state index contributed by atoms with van der Waals surface area (Å²) in [6.45, 7) is 15.5. The summed E-state index contributed by atoms with van der Waals surface area (Å²) in [5.74, 6) is 2.58. The summed E-state index contributed by atoms with van der Waals surface area (Å²) in [6, 6.07) is 4.16. The Morgan fingerprint density at radius 2 is 1.96 bits per heavy atom. The van der Waals surface area contributed by atoms with Gasteiger partial charge in [0.15, 0.2) is 11.5 Å². The lowest BCUT2D eigenvalue weighted by molar-refractivity contribution is 0.211. The molecule has 2 rings (SSSR count). The largest absolute Gasteiger partial charge is 0.543 e. The van der Waals surface area contributed by atoms with Crippen LogP contribution in [0.5, 0.6) is 17.2 Å². The second-order valence-corrected chi connectivity index (χ2v) is 13.5. The van der Waals surface area contributed by atoms with Crippen LogP contribution in [-0.4, -0.2) is 14.4 Å².